The highest BCUT2D eigenvalue weighted by molar-refractivity contribution is 4.50. The zero-order valence-electron chi connectivity index (χ0n) is 16.1. The van der Waals surface area contributed by atoms with Gasteiger partial charge in [0.25, 0.3) is 0 Å². The predicted octanol–water partition coefficient (Wildman–Crippen LogP) is 5.94. The highest BCUT2D eigenvalue weighted by Crippen LogP contribution is 2.05. The number of hydrogen-bond acceptors (Lipinski definition) is 2. The molecule has 0 spiro atoms. The average Bonchev–Trinajstić information content (AvgIpc) is 2.51. The minimum atomic E-state index is 0.439. The van der Waals surface area contributed by atoms with Crippen LogP contribution in [0.4, 0.5) is 0 Å². The smallest absolute Gasteiger partial charge is 0.0544 e. The van der Waals surface area contributed by atoms with E-state index in [1.165, 1.54) is 19.3 Å². The normalized spacial score (nSPS) is 16.6. The first-order chi connectivity index (χ1) is 9.90. The molecule has 0 bridgehead atoms. The van der Waals surface area contributed by atoms with Crippen LogP contribution < -0.4 is 0 Å². The highest BCUT2D eigenvalue weighted by atomic mass is 16.5. The Hall–Kier alpha value is -0.0800. The maximum Gasteiger partial charge on any atom is 0.0544 e. The molecule has 0 aromatic carbocycles. The molecular formula is C19H42O2. The van der Waals surface area contributed by atoms with Gasteiger partial charge in [-0.25, -0.2) is 0 Å². The zero-order valence-corrected chi connectivity index (χ0v) is 16.1. The molecule has 0 heterocycles. The number of ether oxygens (including phenoxy) is 2. The summed E-state index contributed by atoms with van der Waals surface area (Å²) in [5, 5.41) is 0. The van der Waals surface area contributed by atoms with Crippen molar-refractivity contribution in [3.05, 3.63) is 0 Å². The summed E-state index contributed by atoms with van der Waals surface area (Å²) in [4.78, 5) is 0. The third kappa shape index (κ3) is 17.9. The third-order valence-electron chi connectivity index (χ3n) is 4.14. The fraction of sp³-hybridized carbons (Fsp3) is 1.00. The first-order valence-electron chi connectivity index (χ1n) is 9.10. The maximum atomic E-state index is 5.54. The van der Waals surface area contributed by atoms with Crippen LogP contribution in [0.25, 0.3) is 0 Å². The second-order valence-electron chi connectivity index (χ2n) is 6.63. The first-order valence-corrected chi connectivity index (χ1v) is 9.10. The van der Waals surface area contributed by atoms with E-state index >= 15 is 0 Å². The van der Waals surface area contributed by atoms with Crippen molar-refractivity contribution in [3.8, 4) is 0 Å². The van der Waals surface area contributed by atoms with Crippen LogP contribution in [0.15, 0.2) is 0 Å². The second kappa shape index (κ2) is 16.3. The lowest BCUT2D eigenvalue weighted by Gasteiger charge is -2.13. The molecule has 0 fully saturated rings. The van der Waals surface area contributed by atoms with Gasteiger partial charge in [0.1, 0.15) is 0 Å². The van der Waals surface area contributed by atoms with Crippen LogP contribution in [-0.2, 0) is 9.47 Å². The van der Waals surface area contributed by atoms with Crippen LogP contribution in [0, 0.1) is 17.8 Å². The molecule has 0 aliphatic heterocycles. The van der Waals surface area contributed by atoms with Crippen molar-refractivity contribution in [2.75, 3.05) is 19.8 Å². The van der Waals surface area contributed by atoms with E-state index in [2.05, 4.69) is 55.4 Å². The summed E-state index contributed by atoms with van der Waals surface area (Å²) >= 11 is 0. The van der Waals surface area contributed by atoms with Gasteiger partial charge in [-0.1, -0.05) is 67.7 Å². The molecule has 0 saturated heterocycles. The van der Waals surface area contributed by atoms with Gasteiger partial charge in [0.2, 0.25) is 0 Å². The number of hydrogen-bond donors (Lipinski definition) is 0. The molecule has 2 heteroatoms. The Balaban J connectivity index is 0. The van der Waals surface area contributed by atoms with E-state index in [4.69, 9.17) is 9.47 Å². The van der Waals surface area contributed by atoms with Gasteiger partial charge in [-0.05, 0) is 31.1 Å². The third-order valence-corrected chi connectivity index (χ3v) is 4.14. The van der Waals surface area contributed by atoms with E-state index in [-0.39, 0.29) is 0 Å². The fourth-order valence-corrected chi connectivity index (χ4v) is 1.27. The number of rotatable bonds is 11. The molecule has 0 aliphatic rings. The molecule has 0 amide bonds. The molecule has 0 rings (SSSR count). The molecule has 4 unspecified atom stereocenters. The van der Waals surface area contributed by atoms with Gasteiger partial charge >= 0.3 is 0 Å². The van der Waals surface area contributed by atoms with Crippen LogP contribution in [0.3, 0.4) is 0 Å². The molecule has 130 valence electrons. The monoisotopic (exact) mass is 302 g/mol. The lowest BCUT2D eigenvalue weighted by Crippen LogP contribution is -2.12. The first kappa shape index (κ1) is 23.2. The fourth-order valence-electron chi connectivity index (χ4n) is 1.27. The van der Waals surface area contributed by atoms with Gasteiger partial charge < -0.3 is 9.47 Å². The summed E-state index contributed by atoms with van der Waals surface area (Å²) in [6, 6.07) is 0. The molecule has 0 aromatic heterocycles. The van der Waals surface area contributed by atoms with Gasteiger partial charge in [-0.3, -0.25) is 0 Å². The minimum absolute atomic E-state index is 0.439. The van der Waals surface area contributed by atoms with Crippen molar-refractivity contribution < 1.29 is 9.47 Å². The molecular weight excluding hydrogens is 260 g/mol. The molecule has 21 heavy (non-hydrogen) atoms. The summed E-state index contributed by atoms with van der Waals surface area (Å²) in [5.41, 5.74) is 0. The van der Waals surface area contributed by atoms with Gasteiger partial charge in [-0.2, -0.15) is 0 Å². The summed E-state index contributed by atoms with van der Waals surface area (Å²) in [7, 11) is 0. The van der Waals surface area contributed by atoms with E-state index in [1.54, 1.807) is 0 Å². The van der Waals surface area contributed by atoms with Crippen LogP contribution >= 0.6 is 0 Å². The quantitative estimate of drug-likeness (QED) is 0.470. The topological polar surface area (TPSA) is 18.5 Å². The van der Waals surface area contributed by atoms with E-state index in [0.717, 1.165) is 38.1 Å². The lowest BCUT2D eigenvalue weighted by atomic mass is 10.1. The molecule has 0 radical (unpaired) electrons. The molecule has 0 aliphatic carbocycles. The standard InChI is InChI=1S/C10H22O.C9H20O/c1-5-9(3)7-11-8-10(4)6-2;1-5-8(3)7-10-9(4)6-2/h9-10H,5-8H2,1-4H3;8-9H,5-7H2,1-4H3. The lowest BCUT2D eigenvalue weighted by molar-refractivity contribution is 0.0411. The van der Waals surface area contributed by atoms with Crippen LogP contribution in [0.5, 0.6) is 0 Å². The summed E-state index contributed by atoms with van der Waals surface area (Å²) < 4.78 is 11.1. The Kier molecular flexibility index (Phi) is 18.0. The van der Waals surface area contributed by atoms with Crippen molar-refractivity contribution in [3.63, 3.8) is 0 Å². The summed E-state index contributed by atoms with van der Waals surface area (Å²) in [6.07, 6.45) is 5.22. The Bertz CT molecular complexity index is 174. The maximum absolute atomic E-state index is 5.54. The van der Waals surface area contributed by atoms with Crippen molar-refractivity contribution in [1.82, 2.24) is 0 Å². The van der Waals surface area contributed by atoms with E-state index < -0.39 is 0 Å². The SMILES string of the molecule is CCC(C)COC(C)CC.CCC(C)COCC(C)CC. The van der Waals surface area contributed by atoms with Crippen molar-refractivity contribution >= 4 is 0 Å². The van der Waals surface area contributed by atoms with Crippen LogP contribution in [0.1, 0.15) is 81.1 Å². The van der Waals surface area contributed by atoms with E-state index in [1.807, 2.05) is 0 Å². The van der Waals surface area contributed by atoms with Crippen molar-refractivity contribution in [2.45, 2.75) is 87.2 Å². The Labute approximate surface area is 135 Å². The summed E-state index contributed by atoms with van der Waals surface area (Å²) in [5.74, 6) is 2.16. The Morgan fingerprint density at radius 3 is 1.29 bits per heavy atom. The second-order valence-corrected chi connectivity index (χ2v) is 6.63. The molecule has 0 N–H and O–H groups in total. The largest absolute Gasteiger partial charge is 0.381 e. The minimum Gasteiger partial charge on any atom is -0.381 e. The van der Waals surface area contributed by atoms with Crippen molar-refractivity contribution in [1.29, 1.82) is 0 Å². The Morgan fingerprint density at radius 1 is 0.571 bits per heavy atom. The highest BCUT2D eigenvalue weighted by Gasteiger charge is 2.02. The van der Waals surface area contributed by atoms with E-state index in [0.29, 0.717) is 12.0 Å². The van der Waals surface area contributed by atoms with Gasteiger partial charge in [0.05, 0.1) is 6.10 Å². The zero-order chi connectivity index (χ0) is 16.7. The Morgan fingerprint density at radius 2 is 0.952 bits per heavy atom. The van der Waals surface area contributed by atoms with Crippen LogP contribution in [-0.4, -0.2) is 25.9 Å². The predicted molar refractivity (Wildman–Crippen MR) is 94.9 cm³/mol. The van der Waals surface area contributed by atoms with Gasteiger partial charge in [-0.15, -0.1) is 0 Å². The van der Waals surface area contributed by atoms with Crippen LogP contribution in [0.2, 0.25) is 0 Å². The van der Waals surface area contributed by atoms with Gasteiger partial charge in [0, 0.05) is 19.8 Å². The molecule has 0 saturated carbocycles. The molecule has 4 atom stereocenters. The molecule has 0 aromatic rings. The molecule has 2 nitrogen and oxygen atoms in total. The summed E-state index contributed by atoms with van der Waals surface area (Å²) in [6.45, 7) is 20.4. The van der Waals surface area contributed by atoms with E-state index in [9.17, 15) is 0 Å². The average molecular weight is 303 g/mol. The van der Waals surface area contributed by atoms with Crippen molar-refractivity contribution in [2.24, 2.45) is 17.8 Å². The van der Waals surface area contributed by atoms with Gasteiger partial charge in [0.15, 0.2) is 0 Å².